The monoisotopic (exact) mass is 300 g/mol. The third kappa shape index (κ3) is 2.80. The number of hydrogen-bond acceptors (Lipinski definition) is 5. The molecule has 0 aliphatic rings. The lowest BCUT2D eigenvalue weighted by Gasteiger charge is -2.13. The van der Waals surface area contributed by atoms with Gasteiger partial charge in [0.2, 0.25) is 5.89 Å². The molecule has 0 unspecified atom stereocenters. The molecule has 0 saturated carbocycles. The first-order valence-electron chi connectivity index (χ1n) is 7.17. The van der Waals surface area contributed by atoms with Gasteiger partial charge in [-0.1, -0.05) is 0 Å². The zero-order valence-corrected chi connectivity index (χ0v) is 13.3. The van der Waals surface area contributed by atoms with Crippen LogP contribution in [-0.4, -0.2) is 36.9 Å². The summed E-state index contributed by atoms with van der Waals surface area (Å²) in [5.41, 5.74) is 4.34. The quantitative estimate of drug-likeness (QED) is 0.780. The number of aryl methyl sites for hydroxylation is 2. The molecule has 1 N–H and O–H groups in total. The Balaban J connectivity index is 1.69. The Hall–Kier alpha value is -2.41. The van der Waals surface area contributed by atoms with Gasteiger partial charge in [0.15, 0.2) is 0 Å². The summed E-state index contributed by atoms with van der Waals surface area (Å²) in [6, 6.07) is 4.03. The fourth-order valence-corrected chi connectivity index (χ4v) is 2.36. The molecule has 3 aromatic rings. The zero-order valence-electron chi connectivity index (χ0n) is 13.3. The number of hydrogen-bond donors (Lipinski definition) is 1. The van der Waals surface area contributed by atoms with Gasteiger partial charge in [0.1, 0.15) is 5.69 Å². The van der Waals surface area contributed by atoms with Crippen molar-refractivity contribution >= 4 is 0 Å². The maximum absolute atomic E-state index is 5.78. The van der Waals surface area contributed by atoms with E-state index in [0.29, 0.717) is 18.3 Å². The second kappa shape index (κ2) is 5.76. The molecule has 22 heavy (non-hydrogen) atoms. The standard InChI is InChI=1S/C15H20N6O/c1-10-5-6-13(21(10)4)15-19-18-14(22-15)9-20(3)8-12-7-16-17-11(12)2/h5-7H,8-9H2,1-4H3,(H,16,17). The van der Waals surface area contributed by atoms with Crippen LogP contribution in [0.25, 0.3) is 11.6 Å². The molecular formula is C15H20N6O. The summed E-state index contributed by atoms with van der Waals surface area (Å²) in [6.07, 6.45) is 1.85. The van der Waals surface area contributed by atoms with Crippen molar-refractivity contribution < 1.29 is 4.42 Å². The summed E-state index contributed by atoms with van der Waals surface area (Å²) in [5.74, 6) is 1.16. The smallest absolute Gasteiger partial charge is 0.264 e. The minimum atomic E-state index is 0.554. The van der Waals surface area contributed by atoms with Gasteiger partial charge < -0.3 is 8.98 Å². The van der Waals surface area contributed by atoms with Gasteiger partial charge in [-0.25, -0.2) is 0 Å². The molecular weight excluding hydrogens is 280 g/mol. The summed E-state index contributed by atoms with van der Waals surface area (Å²) in [6.45, 7) is 5.44. The Labute approximate surface area is 129 Å². The summed E-state index contributed by atoms with van der Waals surface area (Å²) in [5, 5.41) is 15.3. The minimum absolute atomic E-state index is 0.554. The van der Waals surface area contributed by atoms with Crippen LogP contribution in [-0.2, 0) is 20.1 Å². The fourth-order valence-electron chi connectivity index (χ4n) is 2.36. The topological polar surface area (TPSA) is 75.8 Å². The van der Waals surface area contributed by atoms with E-state index < -0.39 is 0 Å². The molecule has 0 atom stereocenters. The van der Waals surface area contributed by atoms with Crippen LogP contribution in [0, 0.1) is 13.8 Å². The summed E-state index contributed by atoms with van der Waals surface area (Å²) < 4.78 is 7.81. The predicted molar refractivity (Wildman–Crippen MR) is 81.9 cm³/mol. The molecule has 3 aromatic heterocycles. The Morgan fingerprint density at radius 3 is 2.68 bits per heavy atom. The molecule has 0 aliphatic heterocycles. The normalized spacial score (nSPS) is 11.5. The Morgan fingerprint density at radius 2 is 2.05 bits per heavy atom. The lowest BCUT2D eigenvalue weighted by atomic mass is 10.2. The van der Waals surface area contributed by atoms with Crippen LogP contribution in [0.15, 0.2) is 22.7 Å². The molecule has 0 aromatic carbocycles. The first-order chi connectivity index (χ1) is 10.5. The average Bonchev–Trinajstić information content (AvgIpc) is 3.16. The van der Waals surface area contributed by atoms with E-state index in [1.54, 1.807) is 0 Å². The summed E-state index contributed by atoms with van der Waals surface area (Å²) >= 11 is 0. The van der Waals surface area contributed by atoms with Gasteiger partial charge in [0.05, 0.1) is 12.7 Å². The molecule has 0 fully saturated rings. The van der Waals surface area contributed by atoms with E-state index in [2.05, 4.69) is 25.3 Å². The maximum Gasteiger partial charge on any atom is 0.264 e. The van der Waals surface area contributed by atoms with Crippen molar-refractivity contribution in [3.8, 4) is 11.6 Å². The highest BCUT2D eigenvalue weighted by Gasteiger charge is 2.14. The van der Waals surface area contributed by atoms with Crippen molar-refractivity contribution in [2.24, 2.45) is 7.05 Å². The minimum Gasteiger partial charge on any atom is -0.418 e. The summed E-state index contributed by atoms with van der Waals surface area (Å²) in [4.78, 5) is 2.12. The van der Waals surface area contributed by atoms with Crippen LogP contribution < -0.4 is 0 Å². The van der Waals surface area contributed by atoms with Crippen molar-refractivity contribution in [1.29, 1.82) is 0 Å². The van der Waals surface area contributed by atoms with E-state index in [-0.39, 0.29) is 0 Å². The first-order valence-corrected chi connectivity index (χ1v) is 7.17. The highest BCUT2D eigenvalue weighted by Crippen LogP contribution is 2.20. The van der Waals surface area contributed by atoms with Gasteiger partial charge in [-0.2, -0.15) is 5.10 Å². The number of nitrogens with zero attached hydrogens (tertiary/aromatic N) is 5. The number of nitrogens with one attached hydrogen (secondary N) is 1. The maximum atomic E-state index is 5.78. The predicted octanol–water partition coefficient (Wildman–Crippen LogP) is 2.05. The van der Waals surface area contributed by atoms with E-state index >= 15 is 0 Å². The second-order valence-electron chi connectivity index (χ2n) is 5.61. The third-order valence-electron chi connectivity index (χ3n) is 3.84. The van der Waals surface area contributed by atoms with E-state index in [9.17, 15) is 0 Å². The van der Waals surface area contributed by atoms with Crippen LogP contribution in [0.1, 0.15) is 22.8 Å². The Bertz CT molecular complexity index is 769. The number of aromatic nitrogens is 5. The van der Waals surface area contributed by atoms with Crippen molar-refractivity contribution in [2.45, 2.75) is 26.9 Å². The van der Waals surface area contributed by atoms with Gasteiger partial charge in [-0.15, -0.1) is 10.2 Å². The number of rotatable bonds is 5. The Kier molecular flexibility index (Phi) is 3.81. The molecule has 7 nitrogen and oxygen atoms in total. The summed E-state index contributed by atoms with van der Waals surface area (Å²) in [7, 11) is 4.01. The van der Waals surface area contributed by atoms with E-state index in [0.717, 1.165) is 23.6 Å². The zero-order chi connectivity index (χ0) is 15.7. The lowest BCUT2D eigenvalue weighted by Crippen LogP contribution is -2.17. The fraction of sp³-hybridized carbons (Fsp3) is 0.400. The lowest BCUT2D eigenvalue weighted by molar-refractivity contribution is 0.282. The largest absolute Gasteiger partial charge is 0.418 e. The van der Waals surface area contributed by atoms with E-state index in [1.807, 2.05) is 50.8 Å². The first kappa shape index (κ1) is 14.5. The molecule has 7 heteroatoms. The molecule has 0 bridgehead atoms. The number of aromatic amines is 1. The van der Waals surface area contributed by atoms with Crippen LogP contribution >= 0.6 is 0 Å². The van der Waals surface area contributed by atoms with Crippen LogP contribution in [0.3, 0.4) is 0 Å². The number of H-pyrrole nitrogens is 1. The SMILES string of the molecule is Cc1[nH]ncc1CN(C)Cc1nnc(-c2ccc(C)n2C)o1. The average molecular weight is 300 g/mol. The van der Waals surface area contributed by atoms with Gasteiger partial charge in [0, 0.05) is 30.5 Å². The van der Waals surface area contributed by atoms with Crippen LogP contribution in [0.5, 0.6) is 0 Å². The Morgan fingerprint density at radius 1 is 1.23 bits per heavy atom. The van der Waals surface area contributed by atoms with E-state index in [4.69, 9.17) is 4.42 Å². The molecule has 3 rings (SSSR count). The molecule has 116 valence electrons. The van der Waals surface area contributed by atoms with Gasteiger partial charge >= 0.3 is 0 Å². The molecule has 0 saturated heterocycles. The molecule has 3 heterocycles. The van der Waals surface area contributed by atoms with Crippen LogP contribution in [0.4, 0.5) is 0 Å². The van der Waals surface area contributed by atoms with Gasteiger partial charge in [-0.3, -0.25) is 10.00 Å². The molecule has 0 amide bonds. The second-order valence-corrected chi connectivity index (χ2v) is 5.61. The van der Waals surface area contributed by atoms with Crippen LogP contribution in [0.2, 0.25) is 0 Å². The van der Waals surface area contributed by atoms with Crippen molar-refractivity contribution in [3.63, 3.8) is 0 Å². The third-order valence-corrected chi connectivity index (χ3v) is 3.84. The van der Waals surface area contributed by atoms with Crippen molar-refractivity contribution in [2.75, 3.05) is 7.05 Å². The van der Waals surface area contributed by atoms with E-state index in [1.165, 1.54) is 5.56 Å². The highest BCUT2D eigenvalue weighted by molar-refractivity contribution is 5.48. The van der Waals surface area contributed by atoms with Crippen molar-refractivity contribution in [1.82, 2.24) is 29.9 Å². The molecule has 0 radical (unpaired) electrons. The van der Waals surface area contributed by atoms with Crippen molar-refractivity contribution in [3.05, 3.63) is 41.2 Å². The van der Waals surface area contributed by atoms with Gasteiger partial charge in [0.25, 0.3) is 5.89 Å². The van der Waals surface area contributed by atoms with Gasteiger partial charge in [-0.05, 0) is 33.0 Å². The molecule has 0 aliphatic carbocycles. The molecule has 0 spiro atoms. The highest BCUT2D eigenvalue weighted by atomic mass is 16.4.